The van der Waals surface area contributed by atoms with E-state index in [1.165, 1.54) is 17.7 Å². The van der Waals surface area contributed by atoms with E-state index in [1.54, 1.807) is 18.2 Å². The van der Waals surface area contributed by atoms with Crippen LogP contribution in [0.25, 0.3) is 0 Å². The van der Waals surface area contributed by atoms with Crippen LogP contribution in [-0.4, -0.2) is 26.0 Å². The quantitative estimate of drug-likeness (QED) is 0.406. The molecule has 0 aliphatic carbocycles. The lowest BCUT2D eigenvalue weighted by atomic mass is 10.0. The minimum atomic E-state index is -3.63. The molecule has 28 heavy (non-hydrogen) atoms. The molecule has 0 atom stereocenters. The van der Waals surface area contributed by atoms with Crippen LogP contribution in [0.4, 0.5) is 5.69 Å². The lowest BCUT2D eigenvalue weighted by Gasteiger charge is -2.13. The van der Waals surface area contributed by atoms with Gasteiger partial charge in [0.15, 0.2) is 5.11 Å². The maximum absolute atomic E-state index is 12.1. The van der Waals surface area contributed by atoms with Crippen LogP contribution >= 0.6 is 12.2 Å². The van der Waals surface area contributed by atoms with Crippen molar-refractivity contribution < 1.29 is 13.2 Å². The number of sulfonamides is 1. The summed E-state index contributed by atoms with van der Waals surface area (Å²) in [6, 6.07) is 15.8. The topological polar surface area (TPSA) is 99.3 Å². The highest BCUT2D eigenvalue weighted by Crippen LogP contribution is 2.16. The second kappa shape index (κ2) is 10.2. The van der Waals surface area contributed by atoms with Crippen LogP contribution in [0, 0.1) is 0 Å². The lowest BCUT2D eigenvalue weighted by molar-refractivity contribution is -0.121. The molecule has 0 aliphatic rings. The van der Waals surface area contributed by atoms with Gasteiger partial charge in [0.05, 0.1) is 4.90 Å². The van der Waals surface area contributed by atoms with E-state index < -0.39 is 15.9 Å². The Kier molecular flexibility index (Phi) is 7.91. The van der Waals surface area contributed by atoms with Gasteiger partial charge in [-0.3, -0.25) is 15.6 Å². The zero-order chi connectivity index (χ0) is 20.6. The number of carbonyl (C=O) groups excluding carboxylic acids is 1. The van der Waals surface area contributed by atoms with Crippen molar-refractivity contribution in [2.75, 3.05) is 11.9 Å². The Labute approximate surface area is 170 Å². The summed E-state index contributed by atoms with van der Waals surface area (Å²) in [7, 11) is -3.63. The molecule has 1 amide bonds. The van der Waals surface area contributed by atoms with Gasteiger partial charge in [0.25, 0.3) is 0 Å². The Bertz CT molecular complexity index is 899. The van der Waals surface area contributed by atoms with Gasteiger partial charge in [0, 0.05) is 18.7 Å². The highest BCUT2D eigenvalue weighted by Gasteiger charge is 2.13. The van der Waals surface area contributed by atoms with E-state index in [0.717, 1.165) is 5.69 Å². The van der Waals surface area contributed by atoms with Crippen molar-refractivity contribution in [1.82, 2.24) is 15.6 Å². The number of thiocarbonyl (C=S) groups is 1. The van der Waals surface area contributed by atoms with Crippen molar-refractivity contribution in [1.29, 1.82) is 0 Å². The van der Waals surface area contributed by atoms with E-state index in [0.29, 0.717) is 5.92 Å². The maximum atomic E-state index is 12.1. The second-order valence-corrected chi connectivity index (χ2v) is 8.54. The number of rotatable bonds is 7. The third-order valence-electron chi connectivity index (χ3n) is 3.85. The van der Waals surface area contributed by atoms with Crippen molar-refractivity contribution in [3.63, 3.8) is 0 Å². The minimum Gasteiger partial charge on any atom is -0.331 e. The van der Waals surface area contributed by atoms with Crippen LogP contribution in [-0.2, 0) is 14.8 Å². The van der Waals surface area contributed by atoms with Crippen molar-refractivity contribution in [3.05, 3.63) is 60.2 Å². The van der Waals surface area contributed by atoms with Gasteiger partial charge < -0.3 is 5.32 Å². The molecule has 7 nitrogen and oxygen atoms in total. The minimum absolute atomic E-state index is 0.0262. The third kappa shape index (κ3) is 6.91. The molecule has 0 saturated carbocycles. The molecule has 2 rings (SSSR count). The SMILES string of the molecule is CC(C)c1ccc(NC(=S)NNC(=O)CCNS(=O)(=O)c2ccccc2)cc1. The molecule has 0 spiro atoms. The summed E-state index contributed by atoms with van der Waals surface area (Å²) in [5, 5.41) is 3.19. The first kappa shape index (κ1) is 21.8. The number of hydrogen-bond donors (Lipinski definition) is 4. The maximum Gasteiger partial charge on any atom is 0.240 e. The second-order valence-electron chi connectivity index (χ2n) is 6.36. The highest BCUT2D eigenvalue weighted by molar-refractivity contribution is 7.89. The molecule has 0 saturated heterocycles. The average molecular weight is 421 g/mol. The molecule has 0 radical (unpaired) electrons. The standard InChI is InChI=1S/C19H24N4O3S2/c1-14(2)15-8-10-16(11-9-15)21-19(27)23-22-18(24)12-13-20-28(25,26)17-6-4-3-5-7-17/h3-11,14,20H,12-13H2,1-2H3,(H,22,24)(H2,21,23,27). The number of benzene rings is 2. The molecule has 0 unspecified atom stereocenters. The molecule has 4 N–H and O–H groups in total. The molecule has 0 aromatic heterocycles. The van der Waals surface area contributed by atoms with Crippen LogP contribution in [0.15, 0.2) is 59.5 Å². The van der Waals surface area contributed by atoms with Crippen LogP contribution in [0.3, 0.4) is 0 Å². The number of carbonyl (C=O) groups is 1. The normalized spacial score (nSPS) is 11.1. The van der Waals surface area contributed by atoms with Crippen molar-refractivity contribution in [3.8, 4) is 0 Å². The molecule has 0 fully saturated rings. The van der Waals surface area contributed by atoms with E-state index >= 15 is 0 Å². The van der Waals surface area contributed by atoms with Crippen LogP contribution in [0.1, 0.15) is 31.7 Å². The van der Waals surface area contributed by atoms with Crippen LogP contribution in [0.5, 0.6) is 0 Å². The van der Waals surface area contributed by atoms with Crippen molar-refractivity contribution in [2.45, 2.75) is 31.1 Å². The van der Waals surface area contributed by atoms with E-state index in [2.05, 4.69) is 34.7 Å². The van der Waals surface area contributed by atoms with Gasteiger partial charge in [0.1, 0.15) is 0 Å². The summed E-state index contributed by atoms with van der Waals surface area (Å²) in [5.74, 6) is 0.0489. The Morgan fingerprint density at radius 2 is 1.64 bits per heavy atom. The van der Waals surface area contributed by atoms with Gasteiger partial charge in [-0.05, 0) is 48.0 Å². The highest BCUT2D eigenvalue weighted by atomic mass is 32.2. The molecule has 0 bridgehead atoms. The number of hydrazine groups is 1. The van der Waals surface area contributed by atoms with Crippen molar-refractivity contribution in [2.24, 2.45) is 0 Å². The lowest BCUT2D eigenvalue weighted by Crippen LogP contribution is -2.44. The van der Waals surface area contributed by atoms with E-state index in [9.17, 15) is 13.2 Å². The number of nitrogens with one attached hydrogen (secondary N) is 4. The fourth-order valence-electron chi connectivity index (χ4n) is 2.28. The van der Waals surface area contributed by atoms with E-state index in [1.807, 2.05) is 24.3 Å². The first-order valence-electron chi connectivity index (χ1n) is 8.78. The van der Waals surface area contributed by atoms with Crippen LogP contribution < -0.4 is 20.9 Å². The van der Waals surface area contributed by atoms with E-state index in [-0.39, 0.29) is 23.0 Å². The first-order chi connectivity index (χ1) is 13.3. The average Bonchev–Trinajstić information content (AvgIpc) is 2.67. The number of anilines is 1. The monoisotopic (exact) mass is 420 g/mol. The van der Waals surface area contributed by atoms with Gasteiger partial charge in [-0.25, -0.2) is 13.1 Å². The summed E-state index contributed by atoms with van der Waals surface area (Å²) in [5.41, 5.74) is 7.04. The zero-order valence-corrected chi connectivity index (χ0v) is 17.4. The zero-order valence-electron chi connectivity index (χ0n) is 15.7. The Morgan fingerprint density at radius 1 is 1.00 bits per heavy atom. The Morgan fingerprint density at radius 3 is 2.25 bits per heavy atom. The van der Waals surface area contributed by atoms with E-state index in [4.69, 9.17) is 12.2 Å². The molecule has 2 aromatic rings. The van der Waals surface area contributed by atoms with Crippen molar-refractivity contribution >= 4 is 38.9 Å². The number of hydrogen-bond acceptors (Lipinski definition) is 4. The Hall–Kier alpha value is -2.49. The smallest absolute Gasteiger partial charge is 0.240 e. The van der Waals surface area contributed by atoms with Gasteiger partial charge >= 0.3 is 0 Å². The van der Waals surface area contributed by atoms with Gasteiger partial charge in [-0.1, -0.05) is 44.2 Å². The first-order valence-corrected chi connectivity index (χ1v) is 10.7. The molecular weight excluding hydrogens is 396 g/mol. The fraction of sp³-hybridized carbons (Fsp3) is 0.263. The van der Waals surface area contributed by atoms with Gasteiger partial charge in [0.2, 0.25) is 15.9 Å². The fourth-order valence-corrected chi connectivity index (χ4v) is 3.51. The third-order valence-corrected chi connectivity index (χ3v) is 5.53. The molecular formula is C19H24N4O3S2. The Balaban J connectivity index is 1.71. The molecule has 0 heterocycles. The van der Waals surface area contributed by atoms with Gasteiger partial charge in [-0.15, -0.1) is 0 Å². The summed E-state index contributed by atoms with van der Waals surface area (Å²) in [6.07, 6.45) is -0.0369. The largest absolute Gasteiger partial charge is 0.331 e. The summed E-state index contributed by atoms with van der Waals surface area (Å²) >= 11 is 5.13. The van der Waals surface area contributed by atoms with Crippen LogP contribution in [0.2, 0.25) is 0 Å². The molecule has 0 aliphatic heterocycles. The number of amides is 1. The van der Waals surface area contributed by atoms with Gasteiger partial charge in [-0.2, -0.15) is 0 Å². The summed E-state index contributed by atoms with van der Waals surface area (Å²) in [4.78, 5) is 12.0. The summed E-state index contributed by atoms with van der Waals surface area (Å²) < 4.78 is 26.5. The molecule has 9 heteroatoms. The molecule has 2 aromatic carbocycles. The predicted octanol–water partition coefficient (Wildman–Crippen LogP) is 2.50. The summed E-state index contributed by atoms with van der Waals surface area (Å²) in [6.45, 7) is 4.20. The molecule has 150 valence electrons. The predicted molar refractivity (Wildman–Crippen MR) is 114 cm³/mol.